The van der Waals surface area contributed by atoms with Crippen LogP contribution in [0.1, 0.15) is 0 Å². The molecule has 2 aromatic rings. The highest BCUT2D eigenvalue weighted by Crippen LogP contribution is 2.36. The highest BCUT2D eigenvalue weighted by molar-refractivity contribution is 7.99. The number of nitro benzene ring substituents is 1. The van der Waals surface area contributed by atoms with E-state index in [1.165, 1.54) is 17.8 Å². The average Bonchev–Trinajstić information content (AvgIpc) is 2.39. The smallest absolute Gasteiger partial charge is 0.292 e. The van der Waals surface area contributed by atoms with E-state index in [9.17, 15) is 10.1 Å². The van der Waals surface area contributed by atoms with Gasteiger partial charge in [-0.05, 0) is 24.3 Å². The number of hydrogen-bond donors (Lipinski definition) is 1. The van der Waals surface area contributed by atoms with E-state index in [1.807, 2.05) is 24.3 Å². The Labute approximate surface area is 114 Å². The molecule has 98 valence electrons. The molecule has 0 amide bonds. The summed E-state index contributed by atoms with van der Waals surface area (Å²) in [5.74, 6) is 0.754. The van der Waals surface area contributed by atoms with Gasteiger partial charge in [0.25, 0.3) is 5.69 Å². The Bertz CT molecular complexity index is 617. The third-order valence-corrected chi connectivity index (χ3v) is 3.54. The lowest BCUT2D eigenvalue weighted by Gasteiger charge is -2.08. The van der Waals surface area contributed by atoms with E-state index in [-0.39, 0.29) is 11.4 Å². The van der Waals surface area contributed by atoms with Crippen molar-refractivity contribution >= 4 is 23.1 Å². The Morgan fingerprint density at radius 2 is 2.00 bits per heavy atom. The lowest BCUT2D eigenvalue weighted by atomic mass is 10.3. The highest BCUT2D eigenvalue weighted by atomic mass is 32.2. The number of nitro groups is 1. The van der Waals surface area contributed by atoms with Crippen molar-refractivity contribution in [3.8, 4) is 5.75 Å². The monoisotopic (exact) mass is 276 g/mol. The molecule has 0 saturated heterocycles. The van der Waals surface area contributed by atoms with Gasteiger partial charge in [0.15, 0.2) is 0 Å². The number of methoxy groups -OCH3 is 1. The maximum absolute atomic E-state index is 10.7. The van der Waals surface area contributed by atoms with Crippen LogP contribution < -0.4 is 10.5 Å². The van der Waals surface area contributed by atoms with E-state index in [0.29, 0.717) is 0 Å². The van der Waals surface area contributed by atoms with Crippen LogP contribution in [-0.4, -0.2) is 12.0 Å². The largest absolute Gasteiger partial charge is 0.496 e. The van der Waals surface area contributed by atoms with Gasteiger partial charge in [0.2, 0.25) is 0 Å². The zero-order chi connectivity index (χ0) is 13.8. The average molecular weight is 276 g/mol. The predicted molar refractivity (Wildman–Crippen MR) is 74.6 cm³/mol. The number of nitrogens with two attached hydrogens (primary N) is 1. The van der Waals surface area contributed by atoms with Crippen LogP contribution in [0.3, 0.4) is 0 Å². The zero-order valence-corrected chi connectivity index (χ0v) is 11.0. The van der Waals surface area contributed by atoms with Crippen molar-refractivity contribution in [2.45, 2.75) is 9.79 Å². The van der Waals surface area contributed by atoms with Gasteiger partial charge in [-0.3, -0.25) is 10.1 Å². The first-order chi connectivity index (χ1) is 9.11. The molecule has 0 spiro atoms. The van der Waals surface area contributed by atoms with E-state index in [2.05, 4.69) is 0 Å². The fourth-order valence-electron chi connectivity index (χ4n) is 1.59. The summed E-state index contributed by atoms with van der Waals surface area (Å²) >= 11 is 1.45. The second-order valence-corrected chi connectivity index (χ2v) is 4.85. The molecule has 2 rings (SSSR count). The summed E-state index contributed by atoms with van der Waals surface area (Å²) in [5.41, 5.74) is 5.74. The Morgan fingerprint density at radius 1 is 1.26 bits per heavy atom. The minimum absolute atomic E-state index is 0.0793. The first kappa shape index (κ1) is 13.2. The van der Waals surface area contributed by atoms with Crippen LogP contribution in [0.25, 0.3) is 0 Å². The molecule has 0 fully saturated rings. The SMILES string of the molecule is COc1ccccc1Sc1ccc([N+](=O)[O-])c(N)c1. The second kappa shape index (κ2) is 5.62. The molecule has 0 heterocycles. The van der Waals surface area contributed by atoms with Gasteiger partial charge in [-0.1, -0.05) is 23.9 Å². The standard InChI is InChI=1S/C13H12N2O3S/c1-18-12-4-2-3-5-13(12)19-9-6-7-11(15(16)17)10(14)8-9/h2-8H,14H2,1H3. The molecule has 2 aromatic carbocycles. The molecule has 0 saturated carbocycles. The summed E-state index contributed by atoms with van der Waals surface area (Å²) in [6.07, 6.45) is 0. The molecular formula is C13H12N2O3S. The van der Waals surface area contributed by atoms with Crippen molar-refractivity contribution < 1.29 is 9.66 Å². The third-order valence-electron chi connectivity index (χ3n) is 2.49. The van der Waals surface area contributed by atoms with Crippen LogP contribution in [-0.2, 0) is 0 Å². The molecule has 5 nitrogen and oxygen atoms in total. The van der Waals surface area contributed by atoms with Gasteiger partial charge < -0.3 is 10.5 Å². The van der Waals surface area contributed by atoms with Crippen molar-refractivity contribution in [1.82, 2.24) is 0 Å². The summed E-state index contributed by atoms with van der Waals surface area (Å²) in [4.78, 5) is 12.0. The lowest BCUT2D eigenvalue weighted by molar-refractivity contribution is -0.383. The fourth-order valence-corrected chi connectivity index (χ4v) is 2.57. The summed E-state index contributed by atoms with van der Waals surface area (Å²) in [6.45, 7) is 0. The molecule has 0 atom stereocenters. The second-order valence-electron chi connectivity index (χ2n) is 3.73. The molecule has 0 radical (unpaired) electrons. The van der Waals surface area contributed by atoms with Gasteiger partial charge in [-0.15, -0.1) is 0 Å². The van der Waals surface area contributed by atoms with E-state index >= 15 is 0 Å². The molecule has 6 heteroatoms. The van der Waals surface area contributed by atoms with Crippen LogP contribution in [0.4, 0.5) is 11.4 Å². The van der Waals surface area contributed by atoms with Crippen molar-refractivity contribution in [3.63, 3.8) is 0 Å². The van der Waals surface area contributed by atoms with E-state index < -0.39 is 4.92 Å². The quantitative estimate of drug-likeness (QED) is 0.526. The Balaban J connectivity index is 2.29. The number of anilines is 1. The minimum atomic E-state index is -0.493. The maximum Gasteiger partial charge on any atom is 0.292 e. The van der Waals surface area contributed by atoms with E-state index in [1.54, 1.807) is 19.2 Å². The van der Waals surface area contributed by atoms with Gasteiger partial charge in [-0.2, -0.15) is 0 Å². The van der Waals surface area contributed by atoms with Gasteiger partial charge in [0.1, 0.15) is 11.4 Å². The number of benzene rings is 2. The van der Waals surface area contributed by atoms with E-state index in [4.69, 9.17) is 10.5 Å². The molecular weight excluding hydrogens is 264 g/mol. The summed E-state index contributed by atoms with van der Waals surface area (Å²) in [7, 11) is 1.60. The molecule has 0 aliphatic heterocycles. The van der Waals surface area contributed by atoms with Crippen LogP contribution in [0.5, 0.6) is 5.75 Å². The van der Waals surface area contributed by atoms with Crippen molar-refractivity contribution in [2.75, 3.05) is 12.8 Å². The summed E-state index contributed by atoms with van der Waals surface area (Å²) < 4.78 is 5.25. The van der Waals surface area contributed by atoms with Crippen LogP contribution in [0, 0.1) is 10.1 Å². The van der Waals surface area contributed by atoms with Gasteiger partial charge in [-0.25, -0.2) is 0 Å². The molecule has 0 bridgehead atoms. The Hall–Kier alpha value is -2.21. The topological polar surface area (TPSA) is 78.4 Å². The summed E-state index contributed by atoms with van der Waals surface area (Å²) in [5, 5.41) is 10.7. The number of ether oxygens (including phenoxy) is 1. The van der Waals surface area contributed by atoms with Crippen molar-refractivity contribution in [3.05, 3.63) is 52.6 Å². The summed E-state index contributed by atoms with van der Waals surface area (Å²) in [6, 6.07) is 12.2. The maximum atomic E-state index is 10.7. The number of para-hydroxylation sites is 1. The minimum Gasteiger partial charge on any atom is -0.496 e. The fraction of sp³-hybridized carbons (Fsp3) is 0.0769. The number of nitrogen functional groups attached to an aromatic ring is 1. The van der Waals surface area contributed by atoms with Gasteiger partial charge in [0.05, 0.1) is 16.9 Å². The molecule has 19 heavy (non-hydrogen) atoms. The van der Waals surface area contributed by atoms with Crippen molar-refractivity contribution in [2.24, 2.45) is 0 Å². The van der Waals surface area contributed by atoms with E-state index in [0.717, 1.165) is 15.5 Å². The molecule has 0 aromatic heterocycles. The molecule has 0 unspecified atom stereocenters. The normalized spacial score (nSPS) is 10.2. The predicted octanol–water partition coefficient (Wildman–Crippen LogP) is 3.34. The lowest BCUT2D eigenvalue weighted by Crippen LogP contribution is -1.95. The van der Waals surface area contributed by atoms with Gasteiger partial charge in [0, 0.05) is 11.0 Å². The molecule has 2 N–H and O–H groups in total. The van der Waals surface area contributed by atoms with Crippen molar-refractivity contribution in [1.29, 1.82) is 0 Å². The molecule has 0 aliphatic carbocycles. The Kier molecular flexibility index (Phi) is 3.91. The number of rotatable bonds is 4. The highest BCUT2D eigenvalue weighted by Gasteiger charge is 2.12. The first-order valence-electron chi connectivity index (χ1n) is 5.46. The van der Waals surface area contributed by atoms with Crippen LogP contribution >= 0.6 is 11.8 Å². The first-order valence-corrected chi connectivity index (χ1v) is 6.28. The third kappa shape index (κ3) is 2.97. The zero-order valence-electron chi connectivity index (χ0n) is 10.2. The van der Waals surface area contributed by atoms with Crippen LogP contribution in [0.15, 0.2) is 52.3 Å². The molecule has 0 aliphatic rings. The number of nitrogens with zero attached hydrogens (tertiary/aromatic N) is 1. The van der Waals surface area contributed by atoms with Gasteiger partial charge >= 0.3 is 0 Å². The number of hydrogen-bond acceptors (Lipinski definition) is 5. The Morgan fingerprint density at radius 3 is 2.63 bits per heavy atom. The van der Waals surface area contributed by atoms with Crippen LogP contribution in [0.2, 0.25) is 0 Å².